The van der Waals surface area contributed by atoms with Crippen molar-refractivity contribution >= 4 is 5.97 Å². The van der Waals surface area contributed by atoms with Crippen molar-refractivity contribution in [2.75, 3.05) is 6.61 Å². The second-order valence-electron chi connectivity index (χ2n) is 4.34. The van der Waals surface area contributed by atoms with Crippen molar-refractivity contribution in [3.8, 4) is 11.5 Å². The molecule has 19 heavy (non-hydrogen) atoms. The molecule has 0 amide bonds. The van der Waals surface area contributed by atoms with Crippen LogP contribution < -0.4 is 0 Å². The summed E-state index contributed by atoms with van der Waals surface area (Å²) in [4.78, 5) is 20.5. The number of nitrogens with one attached hydrogen (secondary N) is 1. The number of hydrogen-bond acceptors (Lipinski definition) is 6. The Hall–Kier alpha value is -2.31. The second-order valence-corrected chi connectivity index (χ2v) is 4.34. The Kier molecular flexibility index (Phi) is 2.94. The molecule has 2 aromatic rings. The first-order chi connectivity index (χ1) is 9.29. The van der Waals surface area contributed by atoms with E-state index in [0.717, 1.165) is 18.5 Å². The summed E-state index contributed by atoms with van der Waals surface area (Å²) < 4.78 is 5.02. The highest BCUT2D eigenvalue weighted by atomic mass is 16.5. The van der Waals surface area contributed by atoms with Crippen LogP contribution in [0.15, 0.2) is 12.4 Å². The van der Waals surface area contributed by atoms with E-state index in [-0.39, 0.29) is 5.97 Å². The van der Waals surface area contributed by atoms with E-state index in [1.807, 2.05) is 0 Å². The molecule has 98 valence electrons. The van der Waals surface area contributed by atoms with Gasteiger partial charge in [-0.2, -0.15) is 15.4 Å². The minimum Gasteiger partial charge on any atom is -0.462 e. The molecule has 0 unspecified atom stereocenters. The Morgan fingerprint density at radius 2 is 2.32 bits per heavy atom. The lowest BCUT2D eigenvalue weighted by Crippen LogP contribution is -2.11. The van der Waals surface area contributed by atoms with Gasteiger partial charge < -0.3 is 4.74 Å². The van der Waals surface area contributed by atoms with E-state index < -0.39 is 0 Å². The molecule has 1 aliphatic rings. The third-order valence-electron chi connectivity index (χ3n) is 2.92. The van der Waals surface area contributed by atoms with Gasteiger partial charge in [0.2, 0.25) is 0 Å². The highest BCUT2D eigenvalue weighted by Gasteiger charge is 2.31. The Balaban J connectivity index is 2.00. The van der Waals surface area contributed by atoms with Gasteiger partial charge in [-0.05, 0) is 19.8 Å². The van der Waals surface area contributed by atoms with Gasteiger partial charge in [-0.25, -0.2) is 14.8 Å². The van der Waals surface area contributed by atoms with Crippen LogP contribution in [0.25, 0.3) is 11.5 Å². The van der Waals surface area contributed by atoms with Crippen molar-refractivity contribution < 1.29 is 9.53 Å². The fourth-order valence-corrected chi connectivity index (χ4v) is 1.86. The number of rotatable bonds is 4. The second kappa shape index (κ2) is 4.75. The summed E-state index contributed by atoms with van der Waals surface area (Å²) in [6.45, 7) is 2.12. The lowest BCUT2D eigenvalue weighted by atomic mass is 10.1. The standard InChI is InChI=1S/C12H13N5O2/c1-2-19-12(18)8-5-13-11(9-6-14-17-16-9)15-10(8)7-3-4-7/h5-7H,2-4H2,1H3,(H,14,16,17). The quantitative estimate of drug-likeness (QED) is 0.832. The molecule has 2 aromatic heterocycles. The Bertz CT molecular complexity index is 592. The van der Waals surface area contributed by atoms with Gasteiger partial charge in [-0.1, -0.05) is 0 Å². The van der Waals surface area contributed by atoms with Crippen LogP contribution in [-0.4, -0.2) is 38.0 Å². The molecular formula is C12H13N5O2. The van der Waals surface area contributed by atoms with E-state index in [9.17, 15) is 4.79 Å². The van der Waals surface area contributed by atoms with Gasteiger partial charge in [-0.3, -0.25) is 0 Å². The summed E-state index contributed by atoms with van der Waals surface area (Å²) in [6.07, 6.45) is 5.15. The van der Waals surface area contributed by atoms with E-state index in [1.165, 1.54) is 6.20 Å². The minimum absolute atomic E-state index is 0.327. The van der Waals surface area contributed by atoms with Gasteiger partial charge in [0.05, 0.1) is 24.1 Å². The van der Waals surface area contributed by atoms with Crippen LogP contribution >= 0.6 is 0 Å². The highest BCUT2D eigenvalue weighted by Crippen LogP contribution is 2.41. The van der Waals surface area contributed by atoms with Crippen molar-refractivity contribution in [1.82, 2.24) is 25.4 Å². The first-order valence-electron chi connectivity index (χ1n) is 6.19. The minimum atomic E-state index is -0.365. The fraction of sp³-hybridized carbons (Fsp3) is 0.417. The molecule has 0 spiro atoms. The average Bonchev–Trinajstić information content (AvgIpc) is 3.13. The summed E-state index contributed by atoms with van der Waals surface area (Å²) in [5.41, 5.74) is 1.78. The predicted octanol–water partition coefficient (Wildman–Crippen LogP) is 1.32. The maximum absolute atomic E-state index is 11.9. The first-order valence-corrected chi connectivity index (χ1v) is 6.19. The number of carbonyl (C=O) groups is 1. The van der Waals surface area contributed by atoms with Gasteiger partial charge in [0.25, 0.3) is 0 Å². The van der Waals surface area contributed by atoms with Crippen LogP contribution in [0.3, 0.4) is 0 Å². The summed E-state index contributed by atoms with van der Waals surface area (Å²) in [5.74, 6) is 0.438. The molecule has 7 nitrogen and oxygen atoms in total. The smallest absolute Gasteiger partial charge is 0.341 e. The maximum atomic E-state index is 11.9. The Morgan fingerprint density at radius 1 is 1.47 bits per heavy atom. The SMILES string of the molecule is CCOC(=O)c1cnc(-c2cn[nH]n2)nc1C1CC1. The lowest BCUT2D eigenvalue weighted by molar-refractivity contribution is 0.0524. The fourth-order valence-electron chi connectivity index (χ4n) is 1.86. The summed E-state index contributed by atoms with van der Waals surface area (Å²) >= 11 is 0. The molecular weight excluding hydrogens is 246 g/mol. The zero-order valence-electron chi connectivity index (χ0n) is 10.5. The molecule has 7 heteroatoms. The lowest BCUT2D eigenvalue weighted by Gasteiger charge is -2.07. The van der Waals surface area contributed by atoms with Crippen molar-refractivity contribution in [3.63, 3.8) is 0 Å². The number of H-pyrrole nitrogens is 1. The zero-order valence-corrected chi connectivity index (χ0v) is 10.5. The van der Waals surface area contributed by atoms with Crippen LogP contribution in [0, 0.1) is 0 Å². The van der Waals surface area contributed by atoms with Crippen molar-refractivity contribution in [3.05, 3.63) is 23.7 Å². The number of nitrogens with zero attached hydrogens (tertiary/aromatic N) is 4. The van der Waals surface area contributed by atoms with Crippen molar-refractivity contribution in [1.29, 1.82) is 0 Å². The van der Waals surface area contributed by atoms with Gasteiger partial charge in [0.15, 0.2) is 5.82 Å². The molecule has 0 atom stereocenters. The van der Waals surface area contributed by atoms with Crippen molar-refractivity contribution in [2.24, 2.45) is 0 Å². The van der Waals surface area contributed by atoms with Crippen LogP contribution in [0.2, 0.25) is 0 Å². The van der Waals surface area contributed by atoms with Gasteiger partial charge in [0.1, 0.15) is 5.69 Å². The molecule has 0 saturated heterocycles. The van der Waals surface area contributed by atoms with E-state index in [4.69, 9.17) is 4.74 Å². The normalized spacial score (nSPS) is 14.4. The zero-order chi connectivity index (χ0) is 13.2. The predicted molar refractivity (Wildman–Crippen MR) is 65.3 cm³/mol. The first kappa shape index (κ1) is 11.8. The number of aromatic nitrogens is 5. The summed E-state index contributed by atoms with van der Waals surface area (Å²) in [7, 11) is 0. The monoisotopic (exact) mass is 259 g/mol. The molecule has 1 fully saturated rings. The Morgan fingerprint density at radius 3 is 2.95 bits per heavy atom. The molecule has 3 rings (SSSR count). The van der Waals surface area contributed by atoms with Crippen molar-refractivity contribution in [2.45, 2.75) is 25.7 Å². The third kappa shape index (κ3) is 2.31. The molecule has 2 heterocycles. The molecule has 0 aliphatic heterocycles. The van der Waals surface area contributed by atoms with E-state index in [0.29, 0.717) is 29.6 Å². The van der Waals surface area contributed by atoms with Crippen LogP contribution in [0.4, 0.5) is 0 Å². The summed E-state index contributed by atoms with van der Waals surface area (Å²) in [5, 5.41) is 10.2. The molecule has 0 aromatic carbocycles. The van der Waals surface area contributed by atoms with Gasteiger partial charge in [0, 0.05) is 12.1 Å². The number of carbonyl (C=O) groups excluding carboxylic acids is 1. The van der Waals surface area contributed by atoms with E-state index in [1.54, 1.807) is 13.1 Å². The van der Waals surface area contributed by atoms with E-state index >= 15 is 0 Å². The number of esters is 1. The maximum Gasteiger partial charge on any atom is 0.341 e. The van der Waals surface area contributed by atoms with Crippen LogP contribution in [-0.2, 0) is 4.74 Å². The number of ether oxygens (including phenoxy) is 1. The molecule has 1 N–H and O–H groups in total. The average molecular weight is 259 g/mol. The number of hydrogen-bond donors (Lipinski definition) is 1. The van der Waals surface area contributed by atoms with Gasteiger partial charge >= 0.3 is 5.97 Å². The molecule has 1 aliphatic carbocycles. The van der Waals surface area contributed by atoms with Gasteiger partial charge in [-0.15, -0.1) is 0 Å². The number of aromatic amines is 1. The van der Waals surface area contributed by atoms with Crippen LogP contribution in [0.5, 0.6) is 0 Å². The molecule has 0 radical (unpaired) electrons. The molecule has 0 bridgehead atoms. The highest BCUT2D eigenvalue weighted by molar-refractivity contribution is 5.90. The van der Waals surface area contributed by atoms with Crippen LogP contribution in [0.1, 0.15) is 41.7 Å². The third-order valence-corrected chi connectivity index (χ3v) is 2.92. The van der Waals surface area contributed by atoms with E-state index in [2.05, 4.69) is 25.4 Å². The largest absolute Gasteiger partial charge is 0.462 e. The Labute approximate surface area is 109 Å². The summed E-state index contributed by atoms with van der Waals surface area (Å²) in [6, 6.07) is 0. The topological polar surface area (TPSA) is 93.7 Å². The molecule has 1 saturated carbocycles.